The summed E-state index contributed by atoms with van der Waals surface area (Å²) in [6, 6.07) is 0. The molecule has 1 N–H and O–H groups in total. The maximum Gasteiger partial charge on any atom is 0.239 e. The zero-order chi connectivity index (χ0) is 8.97. The molecule has 5 heteroatoms. The van der Waals surface area contributed by atoms with Gasteiger partial charge in [-0.1, -0.05) is 0 Å². The maximum atomic E-state index is 10.8. The molecule has 0 bridgehead atoms. The van der Waals surface area contributed by atoms with E-state index >= 15 is 0 Å². The Morgan fingerprint density at radius 3 is 3.08 bits per heavy atom. The molecule has 4 nitrogen and oxygen atoms in total. The molecule has 0 aliphatic carbocycles. The Hall–Kier alpha value is -1.16. The molecule has 0 fully saturated rings. The number of hydrogen-bond donors (Lipinski definition) is 1. The van der Waals surface area contributed by atoms with Crippen LogP contribution in [0.2, 0.25) is 0 Å². The molecule has 0 spiro atoms. The van der Waals surface area contributed by atoms with E-state index < -0.39 is 0 Å². The van der Waals surface area contributed by atoms with Crippen molar-refractivity contribution in [3.05, 3.63) is 18.2 Å². The summed E-state index contributed by atoms with van der Waals surface area (Å²) in [5, 5.41) is 2.56. The van der Waals surface area contributed by atoms with Crippen LogP contribution >= 0.6 is 11.6 Å². The third kappa shape index (κ3) is 2.17. The standard InChI is InChI=1S/C7H8ClN3O/c1-5-6(3-9-4-10-5)11-7(12)2-8/h3-4H,2H2,1H3,(H,11,12). The molecule has 1 rings (SSSR count). The molecule has 1 aromatic heterocycles. The third-order valence-electron chi connectivity index (χ3n) is 1.31. The summed E-state index contributed by atoms with van der Waals surface area (Å²) in [6.45, 7) is 1.78. The highest BCUT2D eigenvalue weighted by Gasteiger charge is 2.02. The molecule has 0 aromatic carbocycles. The van der Waals surface area contributed by atoms with Crippen LogP contribution in [0, 0.1) is 6.92 Å². The number of hydrogen-bond acceptors (Lipinski definition) is 3. The van der Waals surface area contributed by atoms with Crippen LogP contribution in [-0.2, 0) is 4.79 Å². The zero-order valence-corrected chi connectivity index (χ0v) is 7.30. The van der Waals surface area contributed by atoms with Gasteiger partial charge in [0.15, 0.2) is 0 Å². The molecule has 0 radical (unpaired) electrons. The van der Waals surface area contributed by atoms with Crippen LogP contribution in [0.3, 0.4) is 0 Å². The number of nitrogens with one attached hydrogen (secondary N) is 1. The van der Waals surface area contributed by atoms with Crippen molar-refractivity contribution in [1.82, 2.24) is 9.97 Å². The number of anilines is 1. The number of alkyl halides is 1. The lowest BCUT2D eigenvalue weighted by atomic mass is 10.4. The van der Waals surface area contributed by atoms with Gasteiger partial charge in [0.25, 0.3) is 0 Å². The van der Waals surface area contributed by atoms with Crippen LogP contribution in [-0.4, -0.2) is 21.8 Å². The number of amides is 1. The smallest absolute Gasteiger partial charge is 0.239 e. The van der Waals surface area contributed by atoms with E-state index in [2.05, 4.69) is 15.3 Å². The lowest BCUT2D eigenvalue weighted by Crippen LogP contribution is -2.13. The Balaban J connectivity index is 2.75. The van der Waals surface area contributed by atoms with E-state index in [9.17, 15) is 4.79 Å². The fourth-order valence-electron chi connectivity index (χ4n) is 0.697. The summed E-state index contributed by atoms with van der Waals surface area (Å²) in [6.07, 6.45) is 2.96. The van der Waals surface area contributed by atoms with E-state index in [0.717, 1.165) is 5.69 Å². The van der Waals surface area contributed by atoms with E-state index in [4.69, 9.17) is 11.6 Å². The van der Waals surface area contributed by atoms with Crippen molar-refractivity contribution in [1.29, 1.82) is 0 Å². The number of halogens is 1. The number of nitrogens with zero attached hydrogens (tertiary/aromatic N) is 2. The number of aryl methyl sites for hydroxylation is 1. The molecule has 0 unspecified atom stereocenters. The third-order valence-corrected chi connectivity index (χ3v) is 1.55. The Labute approximate surface area is 75.0 Å². The Bertz CT molecular complexity index is 290. The molecule has 0 atom stereocenters. The van der Waals surface area contributed by atoms with Crippen molar-refractivity contribution in [2.75, 3.05) is 11.2 Å². The van der Waals surface area contributed by atoms with Crippen molar-refractivity contribution in [3.63, 3.8) is 0 Å². The first-order valence-electron chi connectivity index (χ1n) is 3.36. The number of aromatic nitrogens is 2. The van der Waals surface area contributed by atoms with E-state index in [0.29, 0.717) is 5.69 Å². The first-order chi connectivity index (χ1) is 5.74. The first kappa shape index (κ1) is 8.93. The molecule has 1 heterocycles. The summed E-state index contributed by atoms with van der Waals surface area (Å²) >= 11 is 5.30. The minimum absolute atomic E-state index is 0.0612. The van der Waals surface area contributed by atoms with Gasteiger partial charge in [0.05, 0.1) is 17.6 Å². The lowest BCUT2D eigenvalue weighted by Gasteiger charge is -2.03. The van der Waals surface area contributed by atoms with Crippen LogP contribution in [0.5, 0.6) is 0 Å². The molecular weight excluding hydrogens is 178 g/mol. The molecule has 1 amide bonds. The van der Waals surface area contributed by atoms with Crippen LogP contribution in [0.15, 0.2) is 12.5 Å². The summed E-state index contributed by atoms with van der Waals surface area (Å²) in [5.41, 5.74) is 1.33. The van der Waals surface area contributed by atoms with Crippen LogP contribution < -0.4 is 5.32 Å². The van der Waals surface area contributed by atoms with Crippen LogP contribution in [0.4, 0.5) is 5.69 Å². The van der Waals surface area contributed by atoms with Crippen molar-refractivity contribution in [2.24, 2.45) is 0 Å². The second-order valence-corrected chi connectivity index (χ2v) is 2.47. The van der Waals surface area contributed by atoms with Crippen molar-refractivity contribution in [3.8, 4) is 0 Å². The molecule has 0 aliphatic heterocycles. The second kappa shape index (κ2) is 4.01. The quantitative estimate of drug-likeness (QED) is 0.699. The molecule has 12 heavy (non-hydrogen) atoms. The predicted octanol–water partition coefficient (Wildman–Crippen LogP) is 0.962. The van der Waals surface area contributed by atoms with Crippen molar-refractivity contribution in [2.45, 2.75) is 6.92 Å². The monoisotopic (exact) mass is 185 g/mol. The van der Waals surface area contributed by atoms with Gasteiger partial charge in [-0.2, -0.15) is 0 Å². The topological polar surface area (TPSA) is 54.9 Å². The predicted molar refractivity (Wildman–Crippen MR) is 46.1 cm³/mol. The summed E-state index contributed by atoms with van der Waals surface area (Å²) in [5.74, 6) is -0.316. The molecule has 64 valence electrons. The van der Waals surface area contributed by atoms with E-state index in [-0.39, 0.29) is 11.8 Å². The Morgan fingerprint density at radius 2 is 2.50 bits per heavy atom. The van der Waals surface area contributed by atoms with Crippen LogP contribution in [0.25, 0.3) is 0 Å². The average Bonchev–Trinajstić information content (AvgIpc) is 2.09. The molecule has 0 saturated carbocycles. The normalized spacial score (nSPS) is 9.50. The van der Waals surface area contributed by atoms with E-state index in [1.807, 2.05) is 0 Å². The highest BCUT2D eigenvalue weighted by Crippen LogP contribution is 2.07. The highest BCUT2D eigenvalue weighted by atomic mass is 35.5. The summed E-state index contributed by atoms with van der Waals surface area (Å²) in [7, 11) is 0. The van der Waals surface area contributed by atoms with Crippen LogP contribution in [0.1, 0.15) is 5.69 Å². The van der Waals surface area contributed by atoms with E-state index in [1.165, 1.54) is 12.5 Å². The SMILES string of the molecule is Cc1ncncc1NC(=O)CCl. The molecular formula is C7H8ClN3O. The minimum atomic E-state index is -0.255. The fourth-order valence-corrected chi connectivity index (χ4v) is 0.764. The van der Waals surface area contributed by atoms with Gasteiger partial charge in [0.1, 0.15) is 12.2 Å². The summed E-state index contributed by atoms with van der Waals surface area (Å²) in [4.78, 5) is 18.5. The van der Waals surface area contributed by atoms with Gasteiger partial charge in [-0.3, -0.25) is 4.79 Å². The van der Waals surface area contributed by atoms with Gasteiger partial charge in [-0.05, 0) is 6.92 Å². The highest BCUT2D eigenvalue weighted by molar-refractivity contribution is 6.29. The lowest BCUT2D eigenvalue weighted by molar-refractivity contribution is -0.113. The zero-order valence-electron chi connectivity index (χ0n) is 6.54. The van der Waals surface area contributed by atoms with Crippen molar-refractivity contribution < 1.29 is 4.79 Å². The van der Waals surface area contributed by atoms with Gasteiger partial charge in [-0.25, -0.2) is 9.97 Å². The van der Waals surface area contributed by atoms with Crippen molar-refractivity contribution >= 4 is 23.2 Å². The Kier molecular flexibility index (Phi) is 2.99. The Morgan fingerprint density at radius 1 is 1.75 bits per heavy atom. The van der Waals surface area contributed by atoms with E-state index in [1.54, 1.807) is 6.92 Å². The van der Waals surface area contributed by atoms with Gasteiger partial charge in [-0.15, -0.1) is 11.6 Å². The fraction of sp³-hybridized carbons (Fsp3) is 0.286. The summed E-state index contributed by atoms with van der Waals surface area (Å²) < 4.78 is 0. The number of carbonyl (C=O) groups excluding carboxylic acids is 1. The average molecular weight is 186 g/mol. The maximum absolute atomic E-state index is 10.8. The largest absolute Gasteiger partial charge is 0.322 e. The number of rotatable bonds is 2. The minimum Gasteiger partial charge on any atom is -0.322 e. The van der Waals surface area contributed by atoms with Gasteiger partial charge < -0.3 is 5.32 Å². The molecule has 1 aromatic rings. The van der Waals surface area contributed by atoms with Gasteiger partial charge >= 0.3 is 0 Å². The van der Waals surface area contributed by atoms with Gasteiger partial charge in [0, 0.05) is 0 Å². The second-order valence-electron chi connectivity index (χ2n) is 2.20. The first-order valence-corrected chi connectivity index (χ1v) is 3.90. The molecule has 0 saturated heterocycles. The van der Waals surface area contributed by atoms with Gasteiger partial charge in [0.2, 0.25) is 5.91 Å². The molecule has 0 aliphatic rings. The number of carbonyl (C=O) groups is 1.